The van der Waals surface area contributed by atoms with E-state index in [1.54, 1.807) is 0 Å². The van der Waals surface area contributed by atoms with Gasteiger partial charge in [-0.2, -0.15) is 0 Å². The van der Waals surface area contributed by atoms with Crippen LogP contribution in [-0.2, 0) is 6.54 Å². The zero-order chi connectivity index (χ0) is 16.8. The van der Waals surface area contributed by atoms with Crippen LogP contribution in [0.1, 0.15) is 17.9 Å². The second-order valence-corrected chi connectivity index (χ2v) is 5.65. The molecule has 1 N–H and O–H groups in total. The molecular weight excluding hydrogens is 302 g/mol. The third-order valence-corrected chi connectivity index (χ3v) is 3.88. The van der Waals surface area contributed by atoms with Gasteiger partial charge < -0.3 is 14.4 Å². The number of aryl methyl sites for hydroxylation is 1. The van der Waals surface area contributed by atoms with Crippen LogP contribution in [0.5, 0.6) is 0 Å². The maximum Gasteiger partial charge on any atom is 0.248 e. The largest absolute Gasteiger partial charge is 0.419 e. The van der Waals surface area contributed by atoms with Crippen LogP contribution in [0.2, 0.25) is 0 Å². The molecular formula is C19H21N3O2. The molecule has 3 aromatic rings. The van der Waals surface area contributed by atoms with E-state index in [-0.39, 0.29) is 6.61 Å². The Balaban J connectivity index is 1.79. The van der Waals surface area contributed by atoms with Crippen molar-refractivity contribution in [3.63, 3.8) is 0 Å². The summed E-state index contributed by atoms with van der Waals surface area (Å²) in [6.45, 7) is 3.42. The van der Waals surface area contributed by atoms with Gasteiger partial charge >= 0.3 is 0 Å². The summed E-state index contributed by atoms with van der Waals surface area (Å²) in [5, 5.41) is 17.5. The molecule has 0 bridgehead atoms. The predicted molar refractivity (Wildman–Crippen MR) is 93.7 cm³/mol. The molecule has 24 heavy (non-hydrogen) atoms. The Morgan fingerprint density at radius 1 is 1.00 bits per heavy atom. The van der Waals surface area contributed by atoms with Crippen molar-refractivity contribution in [2.24, 2.45) is 0 Å². The fourth-order valence-corrected chi connectivity index (χ4v) is 2.60. The summed E-state index contributed by atoms with van der Waals surface area (Å²) in [4.78, 5) is 2.13. The van der Waals surface area contributed by atoms with Gasteiger partial charge in [-0.25, -0.2) is 0 Å². The zero-order valence-electron chi connectivity index (χ0n) is 13.7. The number of nitrogens with zero attached hydrogens (tertiary/aromatic N) is 3. The highest BCUT2D eigenvalue weighted by molar-refractivity contribution is 5.57. The summed E-state index contributed by atoms with van der Waals surface area (Å²) in [6.07, 6.45) is 0.688. The standard InChI is InChI=1S/C19H21N3O2/c1-15-8-5-6-11-17(15)19-21-20-18(24-19)14-22(12-7-13-23)16-9-3-2-4-10-16/h2-6,8-11,23H,7,12-14H2,1H3. The molecule has 0 saturated carbocycles. The fourth-order valence-electron chi connectivity index (χ4n) is 2.60. The monoisotopic (exact) mass is 323 g/mol. The quantitative estimate of drug-likeness (QED) is 0.722. The topological polar surface area (TPSA) is 62.4 Å². The average Bonchev–Trinajstić information content (AvgIpc) is 3.08. The van der Waals surface area contributed by atoms with Gasteiger partial charge in [0.2, 0.25) is 11.8 Å². The molecule has 0 aliphatic rings. The van der Waals surface area contributed by atoms with Crippen LogP contribution in [-0.4, -0.2) is 28.5 Å². The van der Waals surface area contributed by atoms with Crippen molar-refractivity contribution in [3.05, 3.63) is 66.1 Å². The Hall–Kier alpha value is -2.66. The maximum atomic E-state index is 9.13. The fraction of sp³-hybridized carbons (Fsp3) is 0.263. The molecule has 0 unspecified atom stereocenters. The molecule has 124 valence electrons. The molecule has 0 atom stereocenters. The first kappa shape index (κ1) is 16.2. The number of hydrogen-bond donors (Lipinski definition) is 1. The summed E-state index contributed by atoms with van der Waals surface area (Å²) in [7, 11) is 0. The lowest BCUT2D eigenvalue weighted by molar-refractivity contribution is 0.289. The molecule has 2 aromatic carbocycles. The Morgan fingerprint density at radius 3 is 2.50 bits per heavy atom. The highest BCUT2D eigenvalue weighted by atomic mass is 16.4. The first-order valence-corrected chi connectivity index (χ1v) is 8.07. The van der Waals surface area contributed by atoms with Gasteiger partial charge in [-0.1, -0.05) is 36.4 Å². The van der Waals surface area contributed by atoms with Crippen LogP contribution >= 0.6 is 0 Å². The number of para-hydroxylation sites is 1. The van der Waals surface area contributed by atoms with Gasteiger partial charge in [-0.3, -0.25) is 0 Å². The van der Waals surface area contributed by atoms with Crippen molar-refractivity contribution in [1.29, 1.82) is 0 Å². The maximum absolute atomic E-state index is 9.13. The molecule has 0 radical (unpaired) electrons. The summed E-state index contributed by atoms with van der Waals surface area (Å²) < 4.78 is 5.86. The predicted octanol–water partition coefficient (Wildman–Crippen LogP) is 3.43. The number of benzene rings is 2. The SMILES string of the molecule is Cc1ccccc1-c1nnc(CN(CCCO)c2ccccc2)o1. The van der Waals surface area contributed by atoms with Gasteiger partial charge in [0.05, 0.1) is 6.54 Å². The van der Waals surface area contributed by atoms with Crippen molar-refractivity contribution >= 4 is 5.69 Å². The highest BCUT2D eigenvalue weighted by Gasteiger charge is 2.14. The molecule has 0 aliphatic carbocycles. The molecule has 0 saturated heterocycles. The van der Waals surface area contributed by atoms with Gasteiger partial charge in [-0.15, -0.1) is 10.2 Å². The van der Waals surface area contributed by atoms with Gasteiger partial charge in [0.15, 0.2) is 0 Å². The van der Waals surface area contributed by atoms with Crippen LogP contribution < -0.4 is 4.90 Å². The lowest BCUT2D eigenvalue weighted by Crippen LogP contribution is -2.24. The van der Waals surface area contributed by atoms with Crippen molar-refractivity contribution in [2.45, 2.75) is 19.9 Å². The minimum absolute atomic E-state index is 0.154. The minimum Gasteiger partial charge on any atom is -0.419 e. The number of hydrogen-bond acceptors (Lipinski definition) is 5. The van der Waals surface area contributed by atoms with Gasteiger partial charge in [0.25, 0.3) is 0 Å². The van der Waals surface area contributed by atoms with Crippen molar-refractivity contribution in [3.8, 4) is 11.5 Å². The van der Waals surface area contributed by atoms with Gasteiger partial charge in [0.1, 0.15) is 0 Å². The molecule has 0 spiro atoms. The summed E-state index contributed by atoms with van der Waals surface area (Å²) in [6, 6.07) is 18.0. The van der Waals surface area contributed by atoms with Crippen LogP contribution in [0.15, 0.2) is 59.0 Å². The van der Waals surface area contributed by atoms with E-state index in [9.17, 15) is 0 Å². The third-order valence-electron chi connectivity index (χ3n) is 3.88. The van der Waals surface area contributed by atoms with Crippen LogP contribution in [0.25, 0.3) is 11.5 Å². The summed E-state index contributed by atoms with van der Waals surface area (Å²) in [5.41, 5.74) is 3.13. The third kappa shape index (κ3) is 3.81. The number of aliphatic hydroxyl groups excluding tert-OH is 1. The molecule has 1 heterocycles. The van der Waals surface area contributed by atoms with E-state index in [1.807, 2.05) is 61.5 Å². The number of rotatable bonds is 7. The van der Waals surface area contributed by atoms with Crippen LogP contribution in [0.3, 0.4) is 0 Å². The molecule has 5 nitrogen and oxygen atoms in total. The molecule has 0 aliphatic heterocycles. The lowest BCUT2D eigenvalue weighted by atomic mass is 10.1. The van der Waals surface area contributed by atoms with E-state index in [4.69, 9.17) is 9.52 Å². The second-order valence-electron chi connectivity index (χ2n) is 5.65. The number of anilines is 1. The number of aliphatic hydroxyl groups is 1. The van der Waals surface area contributed by atoms with E-state index in [0.717, 1.165) is 23.4 Å². The van der Waals surface area contributed by atoms with Gasteiger partial charge in [-0.05, 0) is 37.1 Å². The van der Waals surface area contributed by atoms with Crippen molar-refractivity contribution in [2.75, 3.05) is 18.1 Å². The second kappa shape index (κ2) is 7.75. The van der Waals surface area contributed by atoms with Crippen LogP contribution in [0.4, 0.5) is 5.69 Å². The normalized spacial score (nSPS) is 10.8. The number of aromatic nitrogens is 2. The first-order chi connectivity index (χ1) is 11.8. The molecule has 0 amide bonds. The summed E-state index contributed by atoms with van der Waals surface area (Å²) >= 11 is 0. The Bertz CT molecular complexity index is 771. The van der Waals surface area contributed by atoms with Crippen molar-refractivity contribution in [1.82, 2.24) is 10.2 Å². The first-order valence-electron chi connectivity index (χ1n) is 8.07. The molecule has 0 fully saturated rings. The van der Waals surface area contributed by atoms with Gasteiger partial charge in [0, 0.05) is 24.4 Å². The highest BCUT2D eigenvalue weighted by Crippen LogP contribution is 2.23. The zero-order valence-corrected chi connectivity index (χ0v) is 13.7. The van der Waals surface area contributed by atoms with E-state index in [0.29, 0.717) is 24.7 Å². The molecule has 5 heteroatoms. The Morgan fingerprint density at radius 2 is 1.75 bits per heavy atom. The minimum atomic E-state index is 0.154. The van der Waals surface area contributed by atoms with E-state index in [2.05, 4.69) is 15.1 Å². The molecule has 3 rings (SSSR count). The van der Waals surface area contributed by atoms with E-state index < -0.39 is 0 Å². The van der Waals surface area contributed by atoms with E-state index in [1.165, 1.54) is 0 Å². The van der Waals surface area contributed by atoms with E-state index >= 15 is 0 Å². The smallest absolute Gasteiger partial charge is 0.248 e. The molecule has 1 aromatic heterocycles. The Labute approximate surface area is 141 Å². The Kier molecular flexibility index (Phi) is 5.23. The average molecular weight is 323 g/mol. The summed E-state index contributed by atoms with van der Waals surface area (Å²) in [5.74, 6) is 1.10. The lowest BCUT2D eigenvalue weighted by Gasteiger charge is -2.22. The van der Waals surface area contributed by atoms with Crippen molar-refractivity contribution < 1.29 is 9.52 Å². The van der Waals surface area contributed by atoms with Crippen LogP contribution in [0, 0.1) is 6.92 Å².